The first-order valence-corrected chi connectivity index (χ1v) is 6.54. The molecule has 5 nitrogen and oxygen atoms in total. The van der Waals surface area contributed by atoms with Crippen molar-refractivity contribution in [3.63, 3.8) is 0 Å². The SMILES string of the molecule is COc1cc(C(NC2CCCC2)C(N)=O)ccc1O. The van der Waals surface area contributed by atoms with Crippen molar-refractivity contribution >= 4 is 5.91 Å². The summed E-state index contributed by atoms with van der Waals surface area (Å²) >= 11 is 0. The van der Waals surface area contributed by atoms with Crippen LogP contribution >= 0.6 is 0 Å². The number of nitrogens with one attached hydrogen (secondary N) is 1. The highest BCUT2D eigenvalue weighted by atomic mass is 16.5. The third-order valence-corrected chi connectivity index (χ3v) is 3.58. The summed E-state index contributed by atoms with van der Waals surface area (Å²) in [5, 5.41) is 12.9. The van der Waals surface area contributed by atoms with E-state index >= 15 is 0 Å². The van der Waals surface area contributed by atoms with Crippen LogP contribution in [0.3, 0.4) is 0 Å². The van der Waals surface area contributed by atoms with Gasteiger partial charge in [-0.15, -0.1) is 0 Å². The summed E-state index contributed by atoms with van der Waals surface area (Å²) in [6.45, 7) is 0. The number of carbonyl (C=O) groups is 1. The van der Waals surface area contributed by atoms with Crippen LogP contribution in [0.2, 0.25) is 0 Å². The molecule has 1 atom stereocenters. The van der Waals surface area contributed by atoms with Gasteiger partial charge in [-0.25, -0.2) is 0 Å². The van der Waals surface area contributed by atoms with Gasteiger partial charge >= 0.3 is 0 Å². The van der Waals surface area contributed by atoms with E-state index in [1.807, 2.05) is 0 Å². The smallest absolute Gasteiger partial charge is 0.239 e. The number of amides is 1. The highest BCUT2D eigenvalue weighted by Gasteiger charge is 2.24. The fourth-order valence-corrected chi connectivity index (χ4v) is 2.54. The second kappa shape index (κ2) is 5.93. The molecule has 0 radical (unpaired) electrons. The molecule has 1 aromatic carbocycles. The minimum absolute atomic E-state index is 0.0512. The summed E-state index contributed by atoms with van der Waals surface area (Å²) in [5.74, 6) is -0.0213. The van der Waals surface area contributed by atoms with Crippen molar-refractivity contribution in [3.05, 3.63) is 23.8 Å². The highest BCUT2D eigenvalue weighted by Crippen LogP contribution is 2.30. The monoisotopic (exact) mass is 264 g/mol. The van der Waals surface area contributed by atoms with Gasteiger partial charge in [0.25, 0.3) is 0 Å². The molecule has 19 heavy (non-hydrogen) atoms. The van der Waals surface area contributed by atoms with Gasteiger partial charge < -0.3 is 15.6 Å². The molecule has 1 saturated carbocycles. The van der Waals surface area contributed by atoms with Gasteiger partial charge in [0.15, 0.2) is 11.5 Å². The van der Waals surface area contributed by atoms with Gasteiger partial charge in [-0.2, -0.15) is 0 Å². The van der Waals surface area contributed by atoms with Crippen molar-refractivity contribution in [2.24, 2.45) is 5.73 Å². The van der Waals surface area contributed by atoms with E-state index in [0.717, 1.165) is 12.8 Å². The maximum Gasteiger partial charge on any atom is 0.239 e. The summed E-state index contributed by atoms with van der Waals surface area (Å²) in [7, 11) is 1.47. The van der Waals surface area contributed by atoms with Gasteiger partial charge in [-0.1, -0.05) is 18.9 Å². The van der Waals surface area contributed by atoms with Gasteiger partial charge in [0.2, 0.25) is 5.91 Å². The lowest BCUT2D eigenvalue weighted by molar-refractivity contribution is -0.120. The molecule has 1 aliphatic carbocycles. The highest BCUT2D eigenvalue weighted by molar-refractivity contribution is 5.81. The summed E-state index contributed by atoms with van der Waals surface area (Å²) < 4.78 is 5.06. The third kappa shape index (κ3) is 3.17. The minimum Gasteiger partial charge on any atom is -0.504 e. The minimum atomic E-state index is -0.544. The Balaban J connectivity index is 2.20. The maximum atomic E-state index is 11.6. The molecule has 0 spiro atoms. The summed E-state index contributed by atoms with van der Waals surface area (Å²) in [5.41, 5.74) is 6.19. The Morgan fingerprint density at radius 3 is 2.74 bits per heavy atom. The number of hydrogen-bond donors (Lipinski definition) is 3. The van der Waals surface area contributed by atoms with Gasteiger partial charge in [-0.3, -0.25) is 10.1 Å². The quantitative estimate of drug-likeness (QED) is 0.751. The van der Waals surface area contributed by atoms with Crippen molar-refractivity contribution in [2.75, 3.05) is 7.11 Å². The van der Waals surface area contributed by atoms with Crippen molar-refractivity contribution < 1.29 is 14.6 Å². The summed E-state index contributed by atoms with van der Waals surface area (Å²) in [4.78, 5) is 11.6. The van der Waals surface area contributed by atoms with Gasteiger partial charge in [0.05, 0.1) is 7.11 Å². The molecule has 1 aromatic rings. The number of methoxy groups -OCH3 is 1. The Kier molecular flexibility index (Phi) is 4.27. The zero-order valence-corrected chi connectivity index (χ0v) is 11.1. The van der Waals surface area contributed by atoms with Crippen molar-refractivity contribution in [1.82, 2.24) is 5.32 Å². The predicted octanol–water partition coefficient (Wildman–Crippen LogP) is 1.46. The van der Waals surface area contributed by atoms with E-state index in [2.05, 4.69) is 5.32 Å². The molecule has 0 saturated heterocycles. The number of phenols is 1. The Labute approximate surface area is 112 Å². The number of hydrogen-bond acceptors (Lipinski definition) is 4. The molecule has 1 fully saturated rings. The van der Waals surface area contributed by atoms with Gasteiger partial charge in [0, 0.05) is 6.04 Å². The van der Waals surface area contributed by atoms with Crippen LogP contribution in [0.1, 0.15) is 37.3 Å². The number of aromatic hydroxyl groups is 1. The van der Waals surface area contributed by atoms with E-state index in [1.165, 1.54) is 26.0 Å². The third-order valence-electron chi connectivity index (χ3n) is 3.58. The zero-order chi connectivity index (χ0) is 13.8. The Hall–Kier alpha value is -1.75. The normalized spacial score (nSPS) is 17.3. The molecule has 104 valence electrons. The Morgan fingerprint density at radius 2 is 2.16 bits per heavy atom. The lowest BCUT2D eigenvalue weighted by Crippen LogP contribution is -2.38. The lowest BCUT2D eigenvalue weighted by atomic mass is 10.0. The number of nitrogens with two attached hydrogens (primary N) is 1. The van der Waals surface area contributed by atoms with Crippen LogP contribution in [-0.2, 0) is 4.79 Å². The maximum absolute atomic E-state index is 11.6. The fraction of sp³-hybridized carbons (Fsp3) is 0.500. The average Bonchev–Trinajstić information content (AvgIpc) is 2.89. The first-order chi connectivity index (χ1) is 9.11. The largest absolute Gasteiger partial charge is 0.504 e. The molecule has 4 N–H and O–H groups in total. The number of benzene rings is 1. The van der Waals surface area contributed by atoms with E-state index in [-0.39, 0.29) is 5.75 Å². The van der Waals surface area contributed by atoms with Crippen LogP contribution in [-0.4, -0.2) is 24.2 Å². The summed E-state index contributed by atoms with van der Waals surface area (Å²) in [6.07, 6.45) is 4.50. The molecule has 5 heteroatoms. The van der Waals surface area contributed by atoms with Crippen molar-refractivity contribution in [3.8, 4) is 11.5 Å². The van der Waals surface area contributed by atoms with Crippen molar-refractivity contribution in [1.29, 1.82) is 0 Å². The van der Waals surface area contributed by atoms with Gasteiger partial charge in [-0.05, 0) is 30.5 Å². The topological polar surface area (TPSA) is 84.6 Å². The van der Waals surface area contributed by atoms with Crippen LogP contribution in [0, 0.1) is 0 Å². The number of ether oxygens (including phenoxy) is 1. The first-order valence-electron chi connectivity index (χ1n) is 6.54. The molecule has 0 heterocycles. The van der Waals surface area contributed by atoms with E-state index in [9.17, 15) is 9.90 Å². The summed E-state index contributed by atoms with van der Waals surface area (Å²) in [6, 6.07) is 4.64. The Bertz CT molecular complexity index is 456. The van der Waals surface area contributed by atoms with Crippen LogP contribution in [0.25, 0.3) is 0 Å². The molecule has 0 aliphatic heterocycles. The standard InChI is InChI=1S/C14H20N2O3/c1-19-12-8-9(6-7-11(12)17)13(14(15)18)16-10-4-2-3-5-10/h6-8,10,13,16-17H,2-5H2,1H3,(H2,15,18). The molecule has 1 amide bonds. The molecular formula is C14H20N2O3. The van der Waals surface area contributed by atoms with E-state index in [4.69, 9.17) is 10.5 Å². The number of primary amides is 1. The second-order valence-corrected chi connectivity index (χ2v) is 4.91. The lowest BCUT2D eigenvalue weighted by Gasteiger charge is -2.21. The van der Waals surface area contributed by atoms with Crippen LogP contribution < -0.4 is 15.8 Å². The molecule has 1 unspecified atom stereocenters. The van der Waals surface area contributed by atoms with E-state index in [1.54, 1.807) is 12.1 Å². The number of rotatable bonds is 5. The number of phenolic OH excluding ortho intramolecular Hbond substituents is 1. The first kappa shape index (κ1) is 13.7. The fourth-order valence-electron chi connectivity index (χ4n) is 2.54. The average molecular weight is 264 g/mol. The Morgan fingerprint density at radius 1 is 1.47 bits per heavy atom. The second-order valence-electron chi connectivity index (χ2n) is 4.91. The molecular weight excluding hydrogens is 244 g/mol. The molecule has 2 rings (SSSR count). The van der Waals surface area contributed by atoms with E-state index < -0.39 is 11.9 Å². The van der Waals surface area contributed by atoms with Crippen LogP contribution in [0.4, 0.5) is 0 Å². The van der Waals surface area contributed by atoms with Crippen LogP contribution in [0.5, 0.6) is 11.5 Å². The number of carbonyl (C=O) groups excluding carboxylic acids is 1. The van der Waals surface area contributed by atoms with E-state index in [0.29, 0.717) is 17.4 Å². The van der Waals surface area contributed by atoms with Crippen LogP contribution in [0.15, 0.2) is 18.2 Å². The predicted molar refractivity (Wildman–Crippen MR) is 72.0 cm³/mol. The van der Waals surface area contributed by atoms with Crippen molar-refractivity contribution in [2.45, 2.75) is 37.8 Å². The molecule has 1 aliphatic rings. The molecule has 0 bridgehead atoms. The zero-order valence-electron chi connectivity index (χ0n) is 11.1. The molecule has 0 aromatic heterocycles. The van der Waals surface area contributed by atoms with Gasteiger partial charge in [0.1, 0.15) is 6.04 Å².